The van der Waals surface area contributed by atoms with Crippen LogP contribution in [0.25, 0.3) is 0 Å². The molecule has 2 aliphatic rings. The summed E-state index contributed by atoms with van der Waals surface area (Å²) in [6.45, 7) is 9.65. The quantitative estimate of drug-likeness (QED) is 0.740. The first kappa shape index (κ1) is 24.0. The maximum atomic E-state index is 12.7. The van der Waals surface area contributed by atoms with Gasteiger partial charge in [-0.2, -0.15) is 0 Å². The number of halogens is 2. The van der Waals surface area contributed by atoms with E-state index in [2.05, 4.69) is 18.7 Å². The lowest BCUT2D eigenvalue weighted by Crippen LogP contribution is -2.33. The van der Waals surface area contributed by atoms with Gasteiger partial charge in [0.15, 0.2) is 0 Å². The standard InChI is InChI=1S/C20H31N3O2.2ClH/c1-3-22(4-2)11-12-25-17-8-5-15(6-9-17)20(24)23-13-16-7-10-19(21)18(16)14-23;;/h5-6,8-9,16,18-19H,3-4,7,10-14,21H2,1-2H3;2*1H. The first-order valence-electron chi connectivity index (χ1n) is 9.62. The van der Waals surface area contributed by atoms with Crippen LogP contribution in [0.2, 0.25) is 0 Å². The number of carbonyl (C=O) groups excluding carboxylic acids is 1. The van der Waals surface area contributed by atoms with E-state index in [1.807, 2.05) is 29.2 Å². The van der Waals surface area contributed by atoms with E-state index in [1.165, 1.54) is 0 Å². The van der Waals surface area contributed by atoms with Gasteiger partial charge in [0.1, 0.15) is 12.4 Å². The minimum Gasteiger partial charge on any atom is -0.492 e. The van der Waals surface area contributed by atoms with Crippen LogP contribution >= 0.6 is 24.8 Å². The van der Waals surface area contributed by atoms with Crippen molar-refractivity contribution < 1.29 is 9.53 Å². The number of carbonyl (C=O) groups is 1. The van der Waals surface area contributed by atoms with Gasteiger partial charge in [0.2, 0.25) is 0 Å². The van der Waals surface area contributed by atoms with Crippen LogP contribution in [0.5, 0.6) is 5.75 Å². The number of fused-ring (bicyclic) bond motifs is 1. The second-order valence-electron chi connectivity index (χ2n) is 7.27. The molecule has 0 spiro atoms. The normalized spacial score (nSPS) is 23.6. The Bertz CT molecular complexity index is 581. The highest BCUT2D eigenvalue weighted by molar-refractivity contribution is 5.94. The van der Waals surface area contributed by atoms with Crippen molar-refractivity contribution in [2.45, 2.75) is 32.7 Å². The number of hydrogen-bond acceptors (Lipinski definition) is 4. The minimum absolute atomic E-state index is 0. The predicted molar refractivity (Wildman–Crippen MR) is 114 cm³/mol. The Kier molecular flexibility index (Phi) is 9.88. The summed E-state index contributed by atoms with van der Waals surface area (Å²) in [7, 11) is 0. The summed E-state index contributed by atoms with van der Waals surface area (Å²) in [5, 5.41) is 0. The zero-order valence-electron chi connectivity index (χ0n) is 16.3. The minimum atomic E-state index is 0. The average molecular weight is 418 g/mol. The lowest BCUT2D eigenvalue weighted by atomic mass is 9.98. The topological polar surface area (TPSA) is 58.8 Å². The molecule has 7 heteroatoms. The molecule has 1 aromatic carbocycles. The third-order valence-electron chi connectivity index (χ3n) is 5.87. The van der Waals surface area contributed by atoms with Gasteiger partial charge in [-0.3, -0.25) is 4.79 Å². The van der Waals surface area contributed by atoms with Gasteiger partial charge in [0, 0.05) is 31.2 Å². The number of ether oxygens (including phenoxy) is 1. The van der Waals surface area contributed by atoms with Gasteiger partial charge in [-0.15, -0.1) is 24.8 Å². The van der Waals surface area contributed by atoms with Crippen molar-refractivity contribution in [3.05, 3.63) is 29.8 Å². The number of nitrogens with two attached hydrogens (primary N) is 1. The first-order chi connectivity index (χ1) is 12.1. The van der Waals surface area contributed by atoms with Crippen molar-refractivity contribution in [3.63, 3.8) is 0 Å². The molecule has 2 N–H and O–H groups in total. The highest BCUT2D eigenvalue weighted by Crippen LogP contribution is 2.37. The smallest absolute Gasteiger partial charge is 0.253 e. The molecule has 0 radical (unpaired) electrons. The van der Waals surface area contributed by atoms with Crippen molar-refractivity contribution in [1.29, 1.82) is 0 Å². The van der Waals surface area contributed by atoms with E-state index in [0.29, 0.717) is 18.4 Å². The number of likely N-dealkylation sites (N-methyl/N-ethyl adjacent to an activating group) is 1. The maximum absolute atomic E-state index is 12.7. The molecule has 0 aromatic heterocycles. The van der Waals surface area contributed by atoms with Gasteiger partial charge in [-0.05, 0) is 62.0 Å². The maximum Gasteiger partial charge on any atom is 0.253 e. The summed E-state index contributed by atoms with van der Waals surface area (Å²) in [6, 6.07) is 7.83. The summed E-state index contributed by atoms with van der Waals surface area (Å²) in [5.41, 5.74) is 6.91. The molecule has 5 nitrogen and oxygen atoms in total. The van der Waals surface area contributed by atoms with E-state index in [1.54, 1.807) is 0 Å². The zero-order valence-corrected chi connectivity index (χ0v) is 17.9. The van der Waals surface area contributed by atoms with Gasteiger partial charge in [-0.25, -0.2) is 0 Å². The molecule has 2 fully saturated rings. The van der Waals surface area contributed by atoms with Crippen LogP contribution in [0, 0.1) is 11.8 Å². The van der Waals surface area contributed by atoms with E-state index >= 15 is 0 Å². The van der Waals surface area contributed by atoms with E-state index in [0.717, 1.165) is 56.9 Å². The Hall–Kier alpha value is -1.01. The fourth-order valence-corrected chi connectivity index (χ4v) is 4.18. The third kappa shape index (κ3) is 5.74. The van der Waals surface area contributed by atoms with Crippen molar-refractivity contribution in [2.75, 3.05) is 39.3 Å². The van der Waals surface area contributed by atoms with Gasteiger partial charge in [-0.1, -0.05) is 13.8 Å². The Morgan fingerprint density at radius 3 is 2.41 bits per heavy atom. The van der Waals surface area contributed by atoms with E-state index in [4.69, 9.17) is 10.5 Å². The molecule has 154 valence electrons. The second kappa shape index (κ2) is 11.1. The number of rotatable bonds is 7. The SMILES string of the molecule is CCN(CC)CCOc1ccc(C(=O)N2CC3CCC(N)C3C2)cc1.Cl.Cl. The fourth-order valence-electron chi connectivity index (χ4n) is 4.18. The molecular formula is C20H33Cl2N3O2. The predicted octanol–water partition coefficient (Wildman–Crippen LogP) is 3.06. The number of likely N-dealkylation sites (tertiary alicyclic amines) is 1. The summed E-state index contributed by atoms with van der Waals surface area (Å²) >= 11 is 0. The molecule has 3 rings (SSSR count). The molecule has 1 saturated heterocycles. The van der Waals surface area contributed by atoms with E-state index < -0.39 is 0 Å². The van der Waals surface area contributed by atoms with Crippen molar-refractivity contribution in [3.8, 4) is 5.75 Å². The Balaban J connectivity index is 0.00000182. The van der Waals surface area contributed by atoms with Crippen LogP contribution < -0.4 is 10.5 Å². The van der Waals surface area contributed by atoms with Crippen LogP contribution in [0.15, 0.2) is 24.3 Å². The first-order valence-corrected chi connectivity index (χ1v) is 9.62. The Morgan fingerprint density at radius 1 is 1.15 bits per heavy atom. The molecule has 1 saturated carbocycles. The van der Waals surface area contributed by atoms with Gasteiger partial charge in [0.05, 0.1) is 0 Å². The monoisotopic (exact) mass is 417 g/mol. The van der Waals surface area contributed by atoms with Crippen molar-refractivity contribution in [1.82, 2.24) is 9.80 Å². The van der Waals surface area contributed by atoms with Crippen LogP contribution in [0.3, 0.4) is 0 Å². The van der Waals surface area contributed by atoms with Gasteiger partial charge >= 0.3 is 0 Å². The summed E-state index contributed by atoms with van der Waals surface area (Å²) in [5.74, 6) is 2.04. The molecule has 1 heterocycles. The molecule has 1 aliphatic carbocycles. The van der Waals surface area contributed by atoms with E-state index in [-0.39, 0.29) is 36.8 Å². The molecule has 0 bridgehead atoms. The van der Waals surface area contributed by atoms with Gasteiger partial charge < -0.3 is 20.3 Å². The van der Waals surface area contributed by atoms with Crippen LogP contribution in [-0.4, -0.2) is 61.1 Å². The largest absolute Gasteiger partial charge is 0.492 e. The molecule has 1 aliphatic heterocycles. The molecule has 1 aromatic rings. The number of nitrogens with zero attached hydrogens (tertiary/aromatic N) is 2. The summed E-state index contributed by atoms with van der Waals surface area (Å²) in [6.07, 6.45) is 2.27. The van der Waals surface area contributed by atoms with Gasteiger partial charge in [0.25, 0.3) is 5.91 Å². The number of amides is 1. The van der Waals surface area contributed by atoms with Crippen LogP contribution in [0.4, 0.5) is 0 Å². The Morgan fingerprint density at radius 2 is 1.81 bits per heavy atom. The third-order valence-corrected chi connectivity index (χ3v) is 5.87. The highest BCUT2D eigenvalue weighted by Gasteiger charge is 2.42. The van der Waals surface area contributed by atoms with Crippen LogP contribution in [-0.2, 0) is 0 Å². The summed E-state index contributed by atoms with van der Waals surface area (Å²) < 4.78 is 5.79. The number of benzene rings is 1. The molecule has 27 heavy (non-hydrogen) atoms. The van der Waals surface area contributed by atoms with Crippen molar-refractivity contribution in [2.24, 2.45) is 17.6 Å². The zero-order chi connectivity index (χ0) is 17.8. The second-order valence-corrected chi connectivity index (χ2v) is 7.27. The highest BCUT2D eigenvalue weighted by atomic mass is 35.5. The number of hydrogen-bond donors (Lipinski definition) is 1. The molecule has 1 amide bonds. The Labute approximate surface area is 175 Å². The fraction of sp³-hybridized carbons (Fsp3) is 0.650. The van der Waals surface area contributed by atoms with Crippen molar-refractivity contribution >= 4 is 30.7 Å². The average Bonchev–Trinajstić information content (AvgIpc) is 3.21. The van der Waals surface area contributed by atoms with Crippen LogP contribution in [0.1, 0.15) is 37.0 Å². The molecular weight excluding hydrogens is 385 g/mol. The van der Waals surface area contributed by atoms with E-state index in [9.17, 15) is 4.79 Å². The molecule has 3 unspecified atom stereocenters. The lowest BCUT2D eigenvalue weighted by molar-refractivity contribution is 0.0779. The molecule has 3 atom stereocenters. The lowest BCUT2D eigenvalue weighted by Gasteiger charge is -2.19. The summed E-state index contributed by atoms with van der Waals surface area (Å²) in [4.78, 5) is 17.0.